The van der Waals surface area contributed by atoms with Gasteiger partial charge in [-0.3, -0.25) is 9.59 Å². The molecule has 0 fully saturated rings. The van der Waals surface area contributed by atoms with Crippen LogP contribution in [-0.2, 0) is 14.6 Å². The van der Waals surface area contributed by atoms with Crippen molar-refractivity contribution in [3.05, 3.63) is 82.9 Å². The van der Waals surface area contributed by atoms with Gasteiger partial charge in [0, 0.05) is 23.2 Å². The summed E-state index contributed by atoms with van der Waals surface area (Å²) in [4.78, 5) is 25.0. The molecule has 3 rings (SSSR count). The molecule has 7 nitrogen and oxygen atoms in total. The van der Waals surface area contributed by atoms with Crippen molar-refractivity contribution in [1.82, 2.24) is 0 Å². The third-order valence-corrected chi connectivity index (χ3v) is 6.10. The van der Waals surface area contributed by atoms with Crippen molar-refractivity contribution in [2.45, 2.75) is 25.7 Å². The van der Waals surface area contributed by atoms with Crippen molar-refractivity contribution >= 4 is 33.0 Å². The molecule has 3 aromatic rings. The Balaban J connectivity index is 1.63. The van der Waals surface area contributed by atoms with E-state index >= 15 is 0 Å². The molecule has 172 valence electrons. The van der Waals surface area contributed by atoms with Crippen LogP contribution in [0, 0.1) is 20.8 Å². The summed E-state index contributed by atoms with van der Waals surface area (Å²) in [6, 6.07) is 16.7. The number of hydrogen-bond acceptors (Lipinski definition) is 5. The molecule has 33 heavy (non-hydrogen) atoms. The number of ether oxygens (including phenoxy) is 1. The van der Waals surface area contributed by atoms with Crippen molar-refractivity contribution in [3.8, 4) is 5.75 Å². The SMILES string of the molecule is Cc1ccc(C)c(OCC(=O)Nc2ccc(NC(=O)c3cccc(S(C)(=O)=O)c3)c(C)c2)c1. The Morgan fingerprint density at radius 3 is 2.33 bits per heavy atom. The van der Waals surface area contributed by atoms with E-state index in [1.54, 1.807) is 31.2 Å². The Labute approximate surface area is 193 Å². The minimum Gasteiger partial charge on any atom is -0.483 e. The smallest absolute Gasteiger partial charge is 0.262 e. The van der Waals surface area contributed by atoms with Gasteiger partial charge in [0.1, 0.15) is 5.75 Å². The number of nitrogens with one attached hydrogen (secondary N) is 2. The van der Waals surface area contributed by atoms with Gasteiger partial charge in [0.05, 0.1) is 4.90 Å². The molecule has 0 heterocycles. The van der Waals surface area contributed by atoms with E-state index in [0.29, 0.717) is 17.1 Å². The lowest BCUT2D eigenvalue weighted by atomic mass is 10.1. The van der Waals surface area contributed by atoms with E-state index in [-0.39, 0.29) is 23.0 Å². The summed E-state index contributed by atoms with van der Waals surface area (Å²) in [6.07, 6.45) is 1.09. The Hall–Kier alpha value is -3.65. The topological polar surface area (TPSA) is 102 Å². The average Bonchev–Trinajstić information content (AvgIpc) is 2.75. The number of hydrogen-bond donors (Lipinski definition) is 2. The standard InChI is InChI=1S/C25H26N2O5S/c1-16-8-9-17(2)23(12-16)32-15-24(28)26-20-10-11-22(18(3)13-20)27-25(29)19-6-5-7-21(14-19)33(4,30)31/h5-14H,15H2,1-4H3,(H,26,28)(H,27,29). The molecule has 0 bridgehead atoms. The summed E-state index contributed by atoms with van der Waals surface area (Å²) in [7, 11) is -3.41. The summed E-state index contributed by atoms with van der Waals surface area (Å²) in [5.74, 6) is -0.0636. The van der Waals surface area contributed by atoms with Crippen LogP contribution < -0.4 is 15.4 Å². The molecule has 2 amide bonds. The molecule has 0 saturated carbocycles. The second kappa shape index (κ2) is 9.87. The zero-order valence-corrected chi connectivity index (χ0v) is 19.7. The highest BCUT2D eigenvalue weighted by Gasteiger charge is 2.13. The second-order valence-electron chi connectivity index (χ2n) is 7.89. The minimum atomic E-state index is -3.41. The van der Waals surface area contributed by atoms with E-state index in [9.17, 15) is 18.0 Å². The van der Waals surface area contributed by atoms with Gasteiger partial charge in [0.15, 0.2) is 16.4 Å². The fourth-order valence-corrected chi connectivity index (χ4v) is 3.81. The third kappa shape index (κ3) is 6.43. The number of anilines is 2. The van der Waals surface area contributed by atoms with Crippen molar-refractivity contribution in [2.75, 3.05) is 23.5 Å². The van der Waals surface area contributed by atoms with Crippen LogP contribution in [0.1, 0.15) is 27.0 Å². The van der Waals surface area contributed by atoms with Crippen LogP contribution in [-0.4, -0.2) is 33.1 Å². The number of carbonyl (C=O) groups is 2. The van der Waals surface area contributed by atoms with Gasteiger partial charge in [-0.1, -0.05) is 18.2 Å². The van der Waals surface area contributed by atoms with E-state index in [1.165, 1.54) is 18.2 Å². The predicted molar refractivity (Wildman–Crippen MR) is 129 cm³/mol. The van der Waals surface area contributed by atoms with Gasteiger partial charge in [0.2, 0.25) is 0 Å². The summed E-state index contributed by atoms with van der Waals surface area (Å²) < 4.78 is 29.1. The van der Waals surface area contributed by atoms with Crippen molar-refractivity contribution in [1.29, 1.82) is 0 Å². The van der Waals surface area contributed by atoms with Crippen LogP contribution in [0.5, 0.6) is 5.75 Å². The number of amides is 2. The van der Waals surface area contributed by atoms with Crippen LogP contribution >= 0.6 is 0 Å². The van der Waals surface area contributed by atoms with Crippen molar-refractivity contribution in [2.24, 2.45) is 0 Å². The van der Waals surface area contributed by atoms with Gasteiger partial charge < -0.3 is 15.4 Å². The van der Waals surface area contributed by atoms with E-state index < -0.39 is 15.7 Å². The predicted octanol–water partition coefficient (Wildman–Crippen LogP) is 4.29. The zero-order chi connectivity index (χ0) is 24.2. The molecule has 0 aliphatic rings. The zero-order valence-electron chi connectivity index (χ0n) is 18.9. The van der Waals surface area contributed by atoms with E-state index in [1.807, 2.05) is 32.0 Å². The maximum Gasteiger partial charge on any atom is 0.262 e. The minimum absolute atomic E-state index is 0.0769. The number of aryl methyl sites for hydroxylation is 3. The first kappa shape index (κ1) is 24.0. The highest BCUT2D eigenvalue weighted by molar-refractivity contribution is 7.90. The summed E-state index contributed by atoms with van der Waals surface area (Å²) in [6.45, 7) is 5.54. The molecule has 0 saturated heterocycles. The Morgan fingerprint density at radius 2 is 1.64 bits per heavy atom. The molecule has 0 unspecified atom stereocenters. The number of benzene rings is 3. The van der Waals surface area contributed by atoms with Crippen molar-refractivity contribution < 1.29 is 22.7 Å². The highest BCUT2D eigenvalue weighted by Crippen LogP contribution is 2.22. The molecule has 0 radical (unpaired) electrons. The molecular formula is C25H26N2O5S. The van der Waals surface area contributed by atoms with Crippen LogP contribution in [0.25, 0.3) is 0 Å². The lowest BCUT2D eigenvalue weighted by Crippen LogP contribution is -2.20. The lowest BCUT2D eigenvalue weighted by Gasteiger charge is -2.13. The fourth-order valence-electron chi connectivity index (χ4n) is 3.15. The van der Waals surface area contributed by atoms with Gasteiger partial charge in [0.25, 0.3) is 11.8 Å². The van der Waals surface area contributed by atoms with Crippen LogP contribution in [0.15, 0.2) is 65.6 Å². The lowest BCUT2D eigenvalue weighted by molar-refractivity contribution is -0.118. The Kier molecular flexibility index (Phi) is 7.18. The van der Waals surface area contributed by atoms with Gasteiger partial charge in [-0.05, 0) is 79.9 Å². The summed E-state index contributed by atoms with van der Waals surface area (Å²) in [5.41, 5.74) is 4.08. The molecule has 0 aliphatic heterocycles. The molecule has 3 aromatic carbocycles. The number of sulfone groups is 1. The van der Waals surface area contributed by atoms with Gasteiger partial charge >= 0.3 is 0 Å². The molecule has 0 spiro atoms. The average molecular weight is 467 g/mol. The quantitative estimate of drug-likeness (QED) is 0.541. The maximum atomic E-state index is 12.6. The molecule has 0 aliphatic carbocycles. The van der Waals surface area contributed by atoms with Gasteiger partial charge in [-0.2, -0.15) is 0 Å². The monoisotopic (exact) mass is 466 g/mol. The molecule has 8 heteroatoms. The normalized spacial score (nSPS) is 11.0. The first-order valence-electron chi connectivity index (χ1n) is 10.2. The largest absolute Gasteiger partial charge is 0.483 e. The molecule has 2 N–H and O–H groups in total. The van der Waals surface area contributed by atoms with E-state index in [2.05, 4.69) is 10.6 Å². The molecular weight excluding hydrogens is 440 g/mol. The number of rotatable bonds is 7. The maximum absolute atomic E-state index is 12.6. The van der Waals surface area contributed by atoms with E-state index in [0.717, 1.165) is 22.9 Å². The highest BCUT2D eigenvalue weighted by atomic mass is 32.2. The Bertz CT molecular complexity index is 1320. The van der Waals surface area contributed by atoms with Crippen molar-refractivity contribution in [3.63, 3.8) is 0 Å². The number of carbonyl (C=O) groups excluding carboxylic acids is 2. The summed E-state index contributed by atoms with van der Waals surface area (Å²) in [5, 5.41) is 5.55. The van der Waals surface area contributed by atoms with E-state index in [4.69, 9.17) is 4.74 Å². The van der Waals surface area contributed by atoms with Crippen LogP contribution in [0.3, 0.4) is 0 Å². The molecule has 0 aromatic heterocycles. The summed E-state index contributed by atoms with van der Waals surface area (Å²) >= 11 is 0. The second-order valence-corrected chi connectivity index (χ2v) is 9.91. The third-order valence-electron chi connectivity index (χ3n) is 4.99. The van der Waals surface area contributed by atoms with Crippen LogP contribution in [0.4, 0.5) is 11.4 Å². The Morgan fingerprint density at radius 1 is 0.879 bits per heavy atom. The van der Waals surface area contributed by atoms with Crippen LogP contribution in [0.2, 0.25) is 0 Å². The first-order chi connectivity index (χ1) is 15.5. The van der Waals surface area contributed by atoms with Gasteiger partial charge in [-0.15, -0.1) is 0 Å². The van der Waals surface area contributed by atoms with Gasteiger partial charge in [-0.25, -0.2) is 8.42 Å². The molecule has 0 atom stereocenters. The first-order valence-corrected chi connectivity index (χ1v) is 12.1. The fraction of sp³-hybridized carbons (Fsp3) is 0.200.